The maximum absolute atomic E-state index is 11.7. The van der Waals surface area contributed by atoms with Crippen LogP contribution in [0, 0.1) is 0 Å². The van der Waals surface area contributed by atoms with Crippen LogP contribution in [0.5, 0.6) is 0 Å². The first kappa shape index (κ1) is 13.5. The van der Waals surface area contributed by atoms with Crippen LogP contribution in [-0.4, -0.2) is 34.3 Å². The Morgan fingerprint density at radius 3 is 2.83 bits per heavy atom. The summed E-state index contributed by atoms with van der Waals surface area (Å²) in [7, 11) is -1.29. The molecular formula is C13H20N2O2S. The fourth-order valence-corrected chi connectivity index (χ4v) is 3.41. The third kappa shape index (κ3) is 3.31. The number of fused-ring (bicyclic) bond motifs is 1. The van der Waals surface area contributed by atoms with Crippen molar-refractivity contribution in [2.75, 3.05) is 25.9 Å². The summed E-state index contributed by atoms with van der Waals surface area (Å²) in [5.41, 5.74) is 2.63. The normalized spacial score (nSPS) is 18.2. The van der Waals surface area contributed by atoms with E-state index in [2.05, 4.69) is 22.2 Å². The van der Waals surface area contributed by atoms with Gasteiger partial charge in [0.15, 0.2) is 0 Å². The third-order valence-electron chi connectivity index (χ3n) is 3.35. The molecule has 2 N–H and O–H groups in total. The van der Waals surface area contributed by atoms with Gasteiger partial charge in [0, 0.05) is 12.5 Å². The largest absolute Gasteiger partial charge is 0.320 e. The van der Waals surface area contributed by atoms with Crippen LogP contribution in [0.25, 0.3) is 0 Å². The van der Waals surface area contributed by atoms with Gasteiger partial charge in [0.2, 0.25) is 10.0 Å². The van der Waals surface area contributed by atoms with Gasteiger partial charge in [-0.25, -0.2) is 13.1 Å². The molecule has 0 saturated carbocycles. The summed E-state index contributed by atoms with van der Waals surface area (Å²) in [6.07, 6.45) is 1.63. The quantitative estimate of drug-likeness (QED) is 0.721. The van der Waals surface area contributed by atoms with Gasteiger partial charge < -0.3 is 5.32 Å². The molecule has 0 saturated heterocycles. The highest BCUT2D eigenvalue weighted by Gasteiger charge is 2.26. The van der Waals surface area contributed by atoms with E-state index in [-0.39, 0.29) is 5.75 Å². The third-order valence-corrected chi connectivity index (χ3v) is 4.78. The van der Waals surface area contributed by atoms with Crippen molar-refractivity contribution in [1.82, 2.24) is 10.0 Å². The number of hydrogen-bond acceptors (Lipinski definition) is 3. The molecule has 1 atom stereocenters. The van der Waals surface area contributed by atoms with E-state index in [1.165, 1.54) is 11.1 Å². The summed E-state index contributed by atoms with van der Waals surface area (Å²) in [6, 6.07) is 8.22. The van der Waals surface area contributed by atoms with Crippen molar-refractivity contribution in [3.8, 4) is 0 Å². The Morgan fingerprint density at radius 1 is 1.33 bits per heavy atom. The molecule has 18 heavy (non-hydrogen) atoms. The number of hydrogen-bond donors (Lipinski definition) is 2. The second kappa shape index (κ2) is 5.82. The van der Waals surface area contributed by atoms with Crippen molar-refractivity contribution in [2.24, 2.45) is 0 Å². The Balaban J connectivity index is 1.79. The predicted molar refractivity (Wildman–Crippen MR) is 73.2 cm³/mol. The highest BCUT2D eigenvalue weighted by Crippen LogP contribution is 2.34. The van der Waals surface area contributed by atoms with Gasteiger partial charge in [0.05, 0.1) is 5.75 Å². The molecule has 100 valence electrons. The minimum Gasteiger partial charge on any atom is -0.320 e. The van der Waals surface area contributed by atoms with E-state index >= 15 is 0 Å². The lowest BCUT2D eigenvalue weighted by atomic mass is 9.78. The zero-order valence-electron chi connectivity index (χ0n) is 10.6. The molecule has 0 spiro atoms. The molecule has 1 aliphatic carbocycles. The van der Waals surface area contributed by atoms with Crippen LogP contribution in [0.2, 0.25) is 0 Å². The zero-order chi connectivity index (χ0) is 13.0. The van der Waals surface area contributed by atoms with Gasteiger partial charge in [-0.3, -0.25) is 0 Å². The highest BCUT2D eigenvalue weighted by atomic mass is 32.2. The van der Waals surface area contributed by atoms with Crippen LogP contribution in [0.15, 0.2) is 24.3 Å². The van der Waals surface area contributed by atoms with Gasteiger partial charge in [0.1, 0.15) is 0 Å². The molecule has 5 heteroatoms. The van der Waals surface area contributed by atoms with Gasteiger partial charge in [0.25, 0.3) is 0 Å². The first-order chi connectivity index (χ1) is 8.62. The molecule has 0 aromatic heterocycles. The van der Waals surface area contributed by atoms with Crippen molar-refractivity contribution in [2.45, 2.75) is 18.8 Å². The summed E-state index contributed by atoms with van der Waals surface area (Å²) in [5, 5.41) is 2.95. The Morgan fingerprint density at radius 2 is 2.11 bits per heavy atom. The molecule has 0 heterocycles. The van der Waals surface area contributed by atoms with Crippen molar-refractivity contribution in [3.63, 3.8) is 0 Å². The standard InChI is InChI=1S/C13H20N2O2S/c1-14-7-4-8-18(16,17)15-10-12-9-11-5-2-3-6-13(11)12/h2-3,5-6,12,14-15H,4,7-10H2,1H3. The van der Waals surface area contributed by atoms with Gasteiger partial charge in [-0.1, -0.05) is 24.3 Å². The van der Waals surface area contributed by atoms with E-state index in [1.54, 1.807) is 0 Å². The van der Waals surface area contributed by atoms with Crippen LogP contribution in [-0.2, 0) is 16.4 Å². The molecule has 1 aromatic carbocycles. The monoisotopic (exact) mass is 268 g/mol. The fourth-order valence-electron chi connectivity index (χ4n) is 2.28. The molecule has 1 aromatic rings. The molecule has 2 rings (SSSR count). The predicted octanol–water partition coefficient (Wildman–Crippen LogP) is 0.855. The molecular weight excluding hydrogens is 248 g/mol. The van der Waals surface area contributed by atoms with E-state index in [4.69, 9.17) is 0 Å². The molecule has 0 bridgehead atoms. The van der Waals surface area contributed by atoms with Crippen LogP contribution in [0.3, 0.4) is 0 Å². The zero-order valence-corrected chi connectivity index (χ0v) is 11.5. The number of sulfonamides is 1. The van der Waals surface area contributed by atoms with Gasteiger partial charge in [-0.15, -0.1) is 0 Å². The van der Waals surface area contributed by atoms with Crippen LogP contribution in [0.1, 0.15) is 23.5 Å². The van der Waals surface area contributed by atoms with Crippen molar-refractivity contribution >= 4 is 10.0 Å². The summed E-state index contributed by atoms with van der Waals surface area (Å²) in [4.78, 5) is 0. The average Bonchev–Trinajstić information content (AvgIpc) is 2.30. The van der Waals surface area contributed by atoms with Gasteiger partial charge in [-0.05, 0) is 37.6 Å². The maximum atomic E-state index is 11.7. The van der Waals surface area contributed by atoms with E-state index in [0.717, 1.165) is 13.0 Å². The van der Waals surface area contributed by atoms with E-state index in [0.29, 0.717) is 18.9 Å². The Hall–Kier alpha value is -0.910. The van der Waals surface area contributed by atoms with Gasteiger partial charge in [-0.2, -0.15) is 0 Å². The number of nitrogens with one attached hydrogen (secondary N) is 2. The molecule has 0 aliphatic heterocycles. The Labute approximate surface area is 109 Å². The second-order valence-corrected chi connectivity index (χ2v) is 6.65. The molecule has 0 fully saturated rings. The lowest BCUT2D eigenvalue weighted by molar-refractivity contribution is 0.549. The average molecular weight is 268 g/mol. The van der Waals surface area contributed by atoms with Crippen LogP contribution in [0.4, 0.5) is 0 Å². The lowest BCUT2D eigenvalue weighted by Crippen LogP contribution is -2.35. The summed E-state index contributed by atoms with van der Waals surface area (Å²) < 4.78 is 26.2. The molecule has 0 radical (unpaired) electrons. The minimum absolute atomic E-state index is 0.197. The van der Waals surface area contributed by atoms with Crippen molar-refractivity contribution in [3.05, 3.63) is 35.4 Å². The second-order valence-electron chi connectivity index (χ2n) is 4.72. The van der Waals surface area contributed by atoms with E-state index in [9.17, 15) is 8.42 Å². The van der Waals surface area contributed by atoms with Gasteiger partial charge >= 0.3 is 0 Å². The molecule has 0 amide bonds. The minimum atomic E-state index is -3.12. The van der Waals surface area contributed by atoms with Crippen molar-refractivity contribution < 1.29 is 8.42 Å². The van der Waals surface area contributed by atoms with Crippen molar-refractivity contribution in [1.29, 1.82) is 0 Å². The van der Waals surface area contributed by atoms with Crippen LogP contribution >= 0.6 is 0 Å². The summed E-state index contributed by atoms with van der Waals surface area (Å²) in [5.74, 6) is 0.544. The van der Waals surface area contributed by atoms with Crippen LogP contribution < -0.4 is 10.0 Å². The first-order valence-corrected chi connectivity index (χ1v) is 7.97. The molecule has 4 nitrogen and oxygen atoms in total. The highest BCUT2D eigenvalue weighted by molar-refractivity contribution is 7.89. The SMILES string of the molecule is CNCCCS(=O)(=O)NCC1Cc2ccccc21. The fraction of sp³-hybridized carbons (Fsp3) is 0.538. The topological polar surface area (TPSA) is 58.2 Å². The molecule has 1 aliphatic rings. The summed E-state index contributed by atoms with van der Waals surface area (Å²) in [6.45, 7) is 1.26. The van der Waals surface area contributed by atoms with E-state index in [1.807, 2.05) is 19.2 Å². The number of rotatable bonds is 7. The Bertz CT molecular complexity index is 499. The smallest absolute Gasteiger partial charge is 0.211 e. The first-order valence-electron chi connectivity index (χ1n) is 6.32. The Kier molecular flexibility index (Phi) is 4.37. The molecule has 1 unspecified atom stereocenters. The maximum Gasteiger partial charge on any atom is 0.211 e. The lowest BCUT2D eigenvalue weighted by Gasteiger charge is -2.30. The van der Waals surface area contributed by atoms with E-state index < -0.39 is 10.0 Å². The number of benzene rings is 1. The summed E-state index contributed by atoms with van der Waals surface area (Å²) >= 11 is 0.